The number of aryl methyl sites for hydroxylation is 1. The predicted octanol–water partition coefficient (Wildman–Crippen LogP) is 2.99. The third kappa shape index (κ3) is 6.21. The van der Waals surface area contributed by atoms with Crippen LogP contribution in [0, 0.1) is 6.92 Å². The van der Waals surface area contributed by atoms with Crippen LogP contribution in [0.2, 0.25) is 5.02 Å². The van der Waals surface area contributed by atoms with Crippen molar-refractivity contribution in [3.63, 3.8) is 0 Å². The van der Waals surface area contributed by atoms with E-state index in [1.54, 1.807) is 6.07 Å². The third-order valence-electron chi connectivity index (χ3n) is 5.24. The Bertz CT molecular complexity index is 866. The maximum atomic E-state index is 12.4. The van der Waals surface area contributed by atoms with Gasteiger partial charge in [-0.2, -0.15) is 0 Å². The molecular formula is C23H28ClN3O3. The molecule has 30 heavy (non-hydrogen) atoms. The smallest absolute Gasteiger partial charge is 0.251 e. The summed E-state index contributed by atoms with van der Waals surface area (Å²) in [7, 11) is 0. The van der Waals surface area contributed by atoms with Crippen LogP contribution >= 0.6 is 11.6 Å². The van der Waals surface area contributed by atoms with Gasteiger partial charge in [0.25, 0.3) is 5.91 Å². The molecule has 3 rings (SSSR count). The number of hydrogen-bond acceptors (Lipinski definition) is 4. The van der Waals surface area contributed by atoms with Crippen molar-refractivity contribution in [1.29, 1.82) is 0 Å². The number of carbonyl (C=O) groups is 2. The lowest BCUT2D eigenvalue weighted by Crippen LogP contribution is -2.50. The van der Waals surface area contributed by atoms with Gasteiger partial charge in [0.05, 0.1) is 5.02 Å². The summed E-state index contributed by atoms with van der Waals surface area (Å²) in [4.78, 5) is 28.8. The summed E-state index contributed by atoms with van der Waals surface area (Å²) in [6.45, 7) is 6.60. The molecule has 1 saturated heterocycles. The number of rotatable bonds is 8. The molecule has 0 aromatic heterocycles. The second kappa shape index (κ2) is 11.0. The Kier molecular flexibility index (Phi) is 8.11. The minimum Gasteiger partial charge on any atom is -0.491 e. The van der Waals surface area contributed by atoms with Crippen molar-refractivity contribution in [1.82, 2.24) is 15.1 Å². The summed E-state index contributed by atoms with van der Waals surface area (Å²) in [5, 5.41) is 3.46. The molecule has 0 saturated carbocycles. The molecule has 1 heterocycles. The average Bonchev–Trinajstić information content (AvgIpc) is 2.75. The van der Waals surface area contributed by atoms with Gasteiger partial charge >= 0.3 is 0 Å². The van der Waals surface area contributed by atoms with E-state index < -0.39 is 0 Å². The first-order chi connectivity index (χ1) is 14.5. The number of ether oxygens (including phenoxy) is 1. The summed E-state index contributed by atoms with van der Waals surface area (Å²) in [5.41, 5.74) is 1.58. The summed E-state index contributed by atoms with van der Waals surface area (Å²) >= 11 is 6.09. The molecule has 0 atom stereocenters. The van der Waals surface area contributed by atoms with Gasteiger partial charge in [0, 0.05) is 51.3 Å². The summed E-state index contributed by atoms with van der Waals surface area (Å²) < 4.78 is 5.74. The highest BCUT2D eigenvalue weighted by Crippen LogP contribution is 2.22. The maximum Gasteiger partial charge on any atom is 0.251 e. The minimum atomic E-state index is -0.135. The van der Waals surface area contributed by atoms with E-state index in [0.717, 1.165) is 25.2 Å². The normalized spacial score (nSPS) is 14.4. The Hall–Kier alpha value is -2.57. The van der Waals surface area contributed by atoms with E-state index in [4.69, 9.17) is 16.3 Å². The molecule has 0 aliphatic carbocycles. The molecule has 2 amide bonds. The zero-order valence-electron chi connectivity index (χ0n) is 17.3. The third-order valence-corrected chi connectivity index (χ3v) is 5.55. The molecule has 1 N–H and O–H groups in total. The fraction of sp³-hybridized carbons (Fsp3) is 0.391. The number of nitrogens with one attached hydrogen (secondary N) is 1. The monoisotopic (exact) mass is 429 g/mol. The van der Waals surface area contributed by atoms with Crippen molar-refractivity contribution in [2.24, 2.45) is 0 Å². The largest absolute Gasteiger partial charge is 0.491 e. The zero-order valence-corrected chi connectivity index (χ0v) is 18.0. The molecule has 1 fully saturated rings. The van der Waals surface area contributed by atoms with Crippen molar-refractivity contribution in [3.05, 3.63) is 64.7 Å². The Morgan fingerprint density at radius 3 is 2.47 bits per heavy atom. The van der Waals surface area contributed by atoms with Gasteiger partial charge in [-0.25, -0.2) is 0 Å². The molecule has 0 radical (unpaired) electrons. The van der Waals surface area contributed by atoms with Gasteiger partial charge in [-0.15, -0.1) is 0 Å². The van der Waals surface area contributed by atoms with Crippen molar-refractivity contribution in [3.8, 4) is 5.75 Å². The summed E-state index contributed by atoms with van der Waals surface area (Å²) in [6, 6.07) is 14.9. The van der Waals surface area contributed by atoms with Crippen LogP contribution in [-0.2, 0) is 4.79 Å². The fourth-order valence-corrected chi connectivity index (χ4v) is 3.62. The number of nitrogens with zero attached hydrogens (tertiary/aromatic N) is 2. The Morgan fingerprint density at radius 1 is 1.03 bits per heavy atom. The van der Waals surface area contributed by atoms with Gasteiger partial charge in [-0.05, 0) is 30.7 Å². The van der Waals surface area contributed by atoms with Crippen LogP contribution in [0.25, 0.3) is 0 Å². The van der Waals surface area contributed by atoms with Crippen LogP contribution in [-0.4, -0.2) is 67.5 Å². The van der Waals surface area contributed by atoms with Crippen molar-refractivity contribution in [2.45, 2.75) is 13.3 Å². The molecule has 2 aromatic rings. The first kappa shape index (κ1) is 22.1. The average molecular weight is 430 g/mol. The number of halogens is 1. The van der Waals surface area contributed by atoms with Crippen molar-refractivity contribution >= 4 is 23.4 Å². The van der Waals surface area contributed by atoms with Gasteiger partial charge in [0.1, 0.15) is 12.4 Å². The van der Waals surface area contributed by atoms with E-state index >= 15 is 0 Å². The standard InChI is InChI=1S/C23H28ClN3O3/c1-18-6-2-3-7-19(18)23(29)25-11-10-22(28)27-14-12-26(13-15-27)16-17-30-21-9-5-4-8-20(21)24/h2-9H,10-17H2,1H3,(H,25,29). The van der Waals surface area contributed by atoms with Crippen LogP contribution in [0.3, 0.4) is 0 Å². The van der Waals surface area contributed by atoms with Gasteiger partial charge in [-0.1, -0.05) is 41.9 Å². The van der Waals surface area contributed by atoms with Gasteiger partial charge in [0.2, 0.25) is 5.91 Å². The lowest BCUT2D eigenvalue weighted by Gasteiger charge is -2.34. The topological polar surface area (TPSA) is 61.9 Å². The molecular weight excluding hydrogens is 402 g/mol. The van der Waals surface area contributed by atoms with Crippen LogP contribution < -0.4 is 10.1 Å². The number of benzene rings is 2. The predicted molar refractivity (Wildman–Crippen MR) is 118 cm³/mol. The van der Waals surface area contributed by atoms with E-state index in [1.165, 1.54) is 0 Å². The first-order valence-electron chi connectivity index (χ1n) is 10.3. The van der Waals surface area contributed by atoms with E-state index in [2.05, 4.69) is 10.2 Å². The number of hydrogen-bond donors (Lipinski definition) is 1. The van der Waals surface area contributed by atoms with E-state index in [1.807, 2.05) is 54.3 Å². The Labute approximate surface area is 182 Å². The molecule has 1 aliphatic rings. The molecule has 0 bridgehead atoms. The quantitative estimate of drug-likeness (QED) is 0.700. The minimum absolute atomic E-state index is 0.0760. The number of carbonyl (C=O) groups excluding carboxylic acids is 2. The SMILES string of the molecule is Cc1ccccc1C(=O)NCCC(=O)N1CCN(CCOc2ccccc2Cl)CC1. The van der Waals surface area contributed by atoms with Gasteiger partial charge < -0.3 is 15.0 Å². The van der Waals surface area contributed by atoms with Crippen LogP contribution in [0.15, 0.2) is 48.5 Å². The fourth-order valence-electron chi connectivity index (χ4n) is 3.43. The maximum absolute atomic E-state index is 12.4. The second-order valence-corrected chi connectivity index (χ2v) is 7.73. The first-order valence-corrected chi connectivity index (χ1v) is 10.6. The summed E-state index contributed by atoms with van der Waals surface area (Å²) in [6.07, 6.45) is 0.313. The lowest BCUT2D eigenvalue weighted by atomic mass is 10.1. The lowest BCUT2D eigenvalue weighted by molar-refractivity contribution is -0.132. The highest BCUT2D eigenvalue weighted by molar-refractivity contribution is 6.32. The highest BCUT2D eigenvalue weighted by Gasteiger charge is 2.21. The molecule has 1 aliphatic heterocycles. The van der Waals surface area contributed by atoms with Crippen molar-refractivity contribution < 1.29 is 14.3 Å². The zero-order chi connectivity index (χ0) is 21.3. The number of amides is 2. The van der Waals surface area contributed by atoms with Crippen LogP contribution in [0.4, 0.5) is 0 Å². The van der Waals surface area contributed by atoms with E-state index in [0.29, 0.717) is 49.0 Å². The van der Waals surface area contributed by atoms with Crippen LogP contribution in [0.5, 0.6) is 5.75 Å². The number of piperazine rings is 1. The molecule has 2 aromatic carbocycles. The highest BCUT2D eigenvalue weighted by atomic mass is 35.5. The summed E-state index contributed by atoms with van der Waals surface area (Å²) in [5.74, 6) is 0.636. The Morgan fingerprint density at radius 2 is 1.73 bits per heavy atom. The van der Waals surface area contributed by atoms with Gasteiger partial charge in [-0.3, -0.25) is 14.5 Å². The Balaban J connectivity index is 1.32. The molecule has 160 valence electrons. The van der Waals surface area contributed by atoms with Crippen molar-refractivity contribution in [2.75, 3.05) is 45.9 Å². The molecule has 7 heteroatoms. The van der Waals surface area contributed by atoms with Gasteiger partial charge in [0.15, 0.2) is 0 Å². The number of para-hydroxylation sites is 1. The van der Waals surface area contributed by atoms with E-state index in [-0.39, 0.29) is 11.8 Å². The molecule has 0 unspecified atom stereocenters. The molecule has 6 nitrogen and oxygen atoms in total. The molecule has 0 spiro atoms. The van der Waals surface area contributed by atoms with E-state index in [9.17, 15) is 9.59 Å². The second-order valence-electron chi connectivity index (χ2n) is 7.32. The van der Waals surface area contributed by atoms with Crippen LogP contribution in [0.1, 0.15) is 22.3 Å².